The van der Waals surface area contributed by atoms with Crippen LogP contribution in [0, 0.1) is 0 Å². The number of halogens is 3. The van der Waals surface area contributed by atoms with E-state index in [0.717, 1.165) is 16.6 Å². The fraction of sp³-hybridized carbons (Fsp3) is 0.429. The van der Waals surface area contributed by atoms with Gasteiger partial charge in [-0.25, -0.2) is 17.7 Å². The quantitative estimate of drug-likeness (QED) is 0.675. The number of hydrogen-bond donors (Lipinski definition) is 1. The molecule has 12 heteroatoms. The van der Waals surface area contributed by atoms with Crippen molar-refractivity contribution < 1.29 is 31.1 Å². The summed E-state index contributed by atoms with van der Waals surface area (Å²) >= 11 is 0. The lowest BCUT2D eigenvalue weighted by atomic mass is 10.0. The lowest BCUT2D eigenvalue weighted by Gasteiger charge is -2.33. The molecule has 33 heavy (non-hydrogen) atoms. The number of aromatic nitrogens is 1. The van der Waals surface area contributed by atoms with Gasteiger partial charge in [-0.3, -0.25) is 4.79 Å². The Morgan fingerprint density at radius 3 is 2.36 bits per heavy atom. The highest BCUT2D eigenvalue weighted by Gasteiger charge is 2.31. The molecule has 0 unspecified atom stereocenters. The number of pyridine rings is 1. The largest absolute Gasteiger partial charge is 0.495 e. The molecule has 0 atom stereocenters. The lowest BCUT2D eigenvalue weighted by Crippen LogP contribution is -2.45. The number of nitrogens with zero attached hydrogens (tertiary/aromatic N) is 3. The third-order valence-corrected chi connectivity index (χ3v) is 7.25. The Hall–Kier alpha value is -2.86. The Morgan fingerprint density at radius 2 is 1.85 bits per heavy atom. The van der Waals surface area contributed by atoms with Crippen LogP contribution in [0.15, 0.2) is 41.4 Å². The first-order valence-corrected chi connectivity index (χ1v) is 11.6. The summed E-state index contributed by atoms with van der Waals surface area (Å²) in [5.41, 5.74) is -0.619. The number of hydrogen-bond acceptors (Lipinski definition) is 6. The minimum Gasteiger partial charge on any atom is -0.495 e. The normalized spacial score (nSPS) is 15.5. The molecule has 0 radical (unpaired) electrons. The van der Waals surface area contributed by atoms with Crippen molar-refractivity contribution in [3.8, 4) is 5.75 Å². The Kier molecular flexibility index (Phi) is 7.17. The summed E-state index contributed by atoms with van der Waals surface area (Å²) in [6.45, 7) is 1.01. The van der Waals surface area contributed by atoms with Crippen LogP contribution in [0.4, 0.5) is 19.0 Å². The van der Waals surface area contributed by atoms with E-state index in [9.17, 15) is 26.4 Å². The van der Waals surface area contributed by atoms with Crippen molar-refractivity contribution in [1.29, 1.82) is 0 Å². The number of methoxy groups -OCH3 is 1. The zero-order valence-electron chi connectivity index (χ0n) is 18.4. The number of benzene rings is 1. The predicted molar refractivity (Wildman–Crippen MR) is 116 cm³/mol. The lowest BCUT2D eigenvalue weighted by molar-refractivity contribution is -0.137. The van der Waals surface area contributed by atoms with E-state index in [4.69, 9.17) is 4.74 Å². The van der Waals surface area contributed by atoms with Gasteiger partial charge in [0, 0.05) is 45.0 Å². The van der Waals surface area contributed by atoms with Crippen molar-refractivity contribution in [1.82, 2.24) is 14.6 Å². The van der Waals surface area contributed by atoms with E-state index in [-0.39, 0.29) is 22.3 Å². The van der Waals surface area contributed by atoms with Crippen molar-refractivity contribution in [2.24, 2.45) is 0 Å². The van der Waals surface area contributed by atoms with Crippen molar-refractivity contribution in [2.75, 3.05) is 39.2 Å². The second-order valence-electron chi connectivity index (χ2n) is 7.79. The average Bonchev–Trinajstić information content (AvgIpc) is 2.78. The van der Waals surface area contributed by atoms with Crippen LogP contribution >= 0.6 is 0 Å². The molecule has 3 rings (SSSR count). The Balaban J connectivity index is 1.65. The van der Waals surface area contributed by atoms with E-state index < -0.39 is 27.7 Å². The number of anilines is 1. The van der Waals surface area contributed by atoms with Crippen LogP contribution in [0.25, 0.3) is 0 Å². The summed E-state index contributed by atoms with van der Waals surface area (Å²) in [5, 5.41) is 2.90. The van der Waals surface area contributed by atoms with Gasteiger partial charge in [-0.2, -0.15) is 13.2 Å². The molecule has 1 N–H and O–H groups in total. The minimum absolute atomic E-state index is 0.106. The first-order valence-electron chi connectivity index (χ1n) is 10.1. The van der Waals surface area contributed by atoms with Crippen LogP contribution in [0.5, 0.6) is 5.75 Å². The Bertz CT molecular complexity index is 1100. The Morgan fingerprint density at radius 1 is 1.18 bits per heavy atom. The van der Waals surface area contributed by atoms with Gasteiger partial charge in [-0.15, -0.1) is 0 Å². The number of sulfonamides is 1. The standard InChI is InChI=1S/C21H25F3N4O4S/c1-27(2)33(30,31)18-12-14(4-6-17(18)32-3)20(29)26-16-8-10-28(11-9-16)19-7-5-15(13-25-19)21(22,23)24/h4-7,12-13,16H,8-11H2,1-3H3,(H,26,29). The highest BCUT2D eigenvalue weighted by atomic mass is 32.2. The number of piperidine rings is 1. The molecule has 8 nitrogen and oxygen atoms in total. The highest BCUT2D eigenvalue weighted by molar-refractivity contribution is 7.89. The summed E-state index contributed by atoms with van der Waals surface area (Å²) in [6.07, 6.45) is -2.50. The monoisotopic (exact) mass is 486 g/mol. The molecule has 1 fully saturated rings. The molecule has 0 aliphatic carbocycles. The molecular weight excluding hydrogens is 461 g/mol. The third kappa shape index (κ3) is 5.56. The number of carbonyl (C=O) groups is 1. The van der Waals surface area contributed by atoms with E-state index in [1.807, 2.05) is 4.90 Å². The third-order valence-electron chi connectivity index (χ3n) is 5.41. The van der Waals surface area contributed by atoms with Gasteiger partial charge < -0.3 is 15.0 Å². The van der Waals surface area contributed by atoms with Gasteiger partial charge >= 0.3 is 6.18 Å². The highest BCUT2D eigenvalue weighted by Crippen LogP contribution is 2.30. The molecule has 2 aromatic rings. The van der Waals surface area contributed by atoms with Gasteiger partial charge in [-0.05, 0) is 43.2 Å². The zero-order chi connectivity index (χ0) is 24.4. The molecule has 1 aromatic carbocycles. The topological polar surface area (TPSA) is 91.8 Å². The van der Waals surface area contributed by atoms with E-state index in [2.05, 4.69) is 10.3 Å². The molecule has 1 amide bonds. The van der Waals surface area contributed by atoms with Crippen molar-refractivity contribution in [3.05, 3.63) is 47.7 Å². The van der Waals surface area contributed by atoms with Crippen molar-refractivity contribution >= 4 is 21.7 Å². The molecule has 0 spiro atoms. The smallest absolute Gasteiger partial charge is 0.417 e. The van der Waals surface area contributed by atoms with Crippen LogP contribution in [0.2, 0.25) is 0 Å². The zero-order valence-corrected chi connectivity index (χ0v) is 19.2. The fourth-order valence-electron chi connectivity index (χ4n) is 3.48. The van der Waals surface area contributed by atoms with Gasteiger partial charge in [0.05, 0.1) is 12.7 Å². The summed E-state index contributed by atoms with van der Waals surface area (Å²) in [7, 11) is 0.315. The summed E-state index contributed by atoms with van der Waals surface area (Å²) in [4.78, 5) is 18.4. The van der Waals surface area contributed by atoms with Crippen molar-refractivity contribution in [3.63, 3.8) is 0 Å². The molecular formula is C21H25F3N4O4S. The van der Waals surface area contributed by atoms with Gasteiger partial charge in [-0.1, -0.05) is 0 Å². The first kappa shape index (κ1) is 24.8. The number of rotatable bonds is 6. The molecule has 180 valence electrons. The van der Waals surface area contributed by atoms with Crippen LogP contribution in [0.1, 0.15) is 28.8 Å². The number of ether oxygens (including phenoxy) is 1. The number of nitrogens with one attached hydrogen (secondary N) is 1. The first-order chi connectivity index (χ1) is 15.4. The summed E-state index contributed by atoms with van der Waals surface area (Å²) < 4.78 is 69.4. The average molecular weight is 487 g/mol. The second-order valence-corrected chi connectivity index (χ2v) is 9.91. The molecule has 2 heterocycles. The summed E-state index contributed by atoms with van der Waals surface area (Å²) in [6, 6.07) is 6.38. The number of carbonyl (C=O) groups excluding carboxylic acids is 1. The SMILES string of the molecule is COc1ccc(C(=O)NC2CCN(c3ccc(C(F)(F)F)cn3)CC2)cc1S(=O)(=O)N(C)C. The van der Waals surface area contributed by atoms with E-state index in [1.54, 1.807) is 0 Å². The van der Waals surface area contributed by atoms with E-state index in [1.165, 1.54) is 45.5 Å². The van der Waals surface area contributed by atoms with Crippen LogP contribution < -0.4 is 15.0 Å². The van der Waals surface area contributed by atoms with Crippen LogP contribution in [-0.2, 0) is 16.2 Å². The molecule has 1 saturated heterocycles. The number of alkyl halides is 3. The molecule has 1 aliphatic heterocycles. The second kappa shape index (κ2) is 9.56. The summed E-state index contributed by atoms with van der Waals surface area (Å²) in [5.74, 6) is 0.165. The van der Waals surface area contributed by atoms with Gasteiger partial charge in [0.25, 0.3) is 5.91 Å². The van der Waals surface area contributed by atoms with E-state index >= 15 is 0 Å². The fourth-order valence-corrected chi connectivity index (χ4v) is 4.55. The molecule has 0 bridgehead atoms. The molecule has 0 saturated carbocycles. The van der Waals surface area contributed by atoms with Gasteiger partial charge in [0.15, 0.2) is 0 Å². The maximum absolute atomic E-state index is 12.8. The maximum atomic E-state index is 12.8. The van der Waals surface area contributed by atoms with E-state index in [0.29, 0.717) is 31.7 Å². The Labute approximate surface area is 190 Å². The van der Waals surface area contributed by atoms with Crippen molar-refractivity contribution in [2.45, 2.75) is 30.0 Å². The van der Waals surface area contributed by atoms with Crippen LogP contribution in [-0.4, -0.2) is 64.0 Å². The molecule has 1 aliphatic rings. The number of amides is 1. The molecule has 1 aromatic heterocycles. The van der Waals surface area contributed by atoms with Crippen LogP contribution in [0.3, 0.4) is 0 Å². The predicted octanol–water partition coefficient (Wildman–Crippen LogP) is 2.76. The van der Waals surface area contributed by atoms with Gasteiger partial charge in [0.2, 0.25) is 10.0 Å². The maximum Gasteiger partial charge on any atom is 0.417 e. The van der Waals surface area contributed by atoms with Gasteiger partial charge in [0.1, 0.15) is 16.5 Å². The minimum atomic E-state index is -4.43.